The summed E-state index contributed by atoms with van der Waals surface area (Å²) in [5, 5.41) is 0. The van der Waals surface area contributed by atoms with Crippen LogP contribution < -0.4 is 0 Å². The first-order valence-corrected chi connectivity index (χ1v) is 10.5. The molecule has 0 aliphatic carbocycles. The maximum atomic E-state index is 4.31. The van der Waals surface area contributed by atoms with Crippen molar-refractivity contribution in [3.8, 4) is 11.1 Å². The second-order valence-electron chi connectivity index (χ2n) is 6.50. The zero-order valence-corrected chi connectivity index (χ0v) is 16.4. The average molecular weight is 359 g/mol. The molecule has 0 amide bonds. The Morgan fingerprint density at radius 3 is 1.46 bits per heavy atom. The number of benzene rings is 2. The summed E-state index contributed by atoms with van der Waals surface area (Å²) in [4.78, 5) is 0. The normalized spacial score (nSPS) is 10.9. The van der Waals surface area contributed by atoms with Gasteiger partial charge in [0.25, 0.3) is 0 Å². The predicted octanol–water partition coefficient (Wildman–Crippen LogP) is 6.99. The molecular formula is C22H30S2. The van der Waals surface area contributed by atoms with E-state index in [1.54, 1.807) is 0 Å². The van der Waals surface area contributed by atoms with E-state index in [9.17, 15) is 0 Å². The summed E-state index contributed by atoms with van der Waals surface area (Å²) >= 11 is 8.57. The molecule has 2 aromatic rings. The van der Waals surface area contributed by atoms with Crippen LogP contribution in [0.5, 0.6) is 0 Å². The maximum absolute atomic E-state index is 4.31. The number of rotatable bonds is 11. The molecule has 0 atom stereocenters. The molecule has 0 nitrogen and oxygen atoms in total. The second-order valence-corrected chi connectivity index (χ2v) is 7.26. The van der Waals surface area contributed by atoms with Crippen molar-refractivity contribution in [3.05, 3.63) is 59.7 Å². The summed E-state index contributed by atoms with van der Waals surface area (Å²) in [6, 6.07) is 17.8. The van der Waals surface area contributed by atoms with Crippen molar-refractivity contribution in [3.63, 3.8) is 0 Å². The average Bonchev–Trinajstić information content (AvgIpc) is 2.64. The fourth-order valence-electron chi connectivity index (χ4n) is 2.99. The van der Waals surface area contributed by atoms with Gasteiger partial charge in [-0.1, -0.05) is 80.6 Å². The van der Waals surface area contributed by atoms with Crippen LogP contribution in [0.25, 0.3) is 11.1 Å². The van der Waals surface area contributed by atoms with Crippen LogP contribution in [0.15, 0.2) is 48.5 Å². The lowest BCUT2D eigenvalue weighted by molar-refractivity contribution is 0.591. The van der Waals surface area contributed by atoms with Gasteiger partial charge in [-0.05, 0) is 47.3 Å². The first kappa shape index (κ1) is 19.5. The number of hydrogen-bond donors (Lipinski definition) is 2. The maximum Gasteiger partial charge on any atom is 0.0154 e. The molecule has 130 valence electrons. The zero-order valence-electron chi connectivity index (χ0n) is 14.6. The highest BCUT2D eigenvalue weighted by Gasteiger charge is 1.99. The van der Waals surface area contributed by atoms with Crippen LogP contribution in [0.1, 0.15) is 56.1 Å². The van der Waals surface area contributed by atoms with Gasteiger partial charge >= 0.3 is 0 Å². The molecule has 0 heterocycles. The van der Waals surface area contributed by atoms with Gasteiger partial charge in [-0.2, -0.15) is 25.3 Å². The van der Waals surface area contributed by atoms with Crippen LogP contribution in [0.2, 0.25) is 0 Å². The van der Waals surface area contributed by atoms with E-state index in [4.69, 9.17) is 0 Å². The van der Waals surface area contributed by atoms with Crippen LogP contribution in [0, 0.1) is 0 Å². The molecule has 2 rings (SSSR count). The molecule has 0 aliphatic heterocycles. The molecule has 0 saturated carbocycles. The molecule has 2 aromatic carbocycles. The van der Waals surface area contributed by atoms with Gasteiger partial charge in [0.2, 0.25) is 0 Å². The fourth-order valence-corrected chi connectivity index (χ4v) is 3.43. The number of unbranched alkanes of at least 4 members (excludes halogenated alkanes) is 6. The smallest absolute Gasteiger partial charge is 0.0154 e. The molecule has 0 N–H and O–H groups in total. The van der Waals surface area contributed by atoms with Gasteiger partial charge in [-0.3, -0.25) is 0 Å². The number of aryl methyl sites for hydroxylation is 1. The van der Waals surface area contributed by atoms with E-state index in [0.29, 0.717) is 0 Å². The van der Waals surface area contributed by atoms with Crippen LogP contribution >= 0.6 is 25.3 Å². The topological polar surface area (TPSA) is 0 Å². The van der Waals surface area contributed by atoms with E-state index in [-0.39, 0.29) is 0 Å². The highest BCUT2D eigenvalue weighted by Crippen LogP contribution is 2.21. The summed E-state index contributed by atoms with van der Waals surface area (Å²) in [7, 11) is 0. The minimum absolute atomic E-state index is 0.800. The molecule has 0 radical (unpaired) electrons. The van der Waals surface area contributed by atoms with Crippen molar-refractivity contribution < 1.29 is 0 Å². The SMILES string of the molecule is SCCCCCCCCCc1ccc(-c2ccc(CS)cc2)cc1. The molecule has 24 heavy (non-hydrogen) atoms. The van der Waals surface area contributed by atoms with E-state index in [2.05, 4.69) is 73.8 Å². The van der Waals surface area contributed by atoms with Gasteiger partial charge in [0.1, 0.15) is 0 Å². The Hall–Kier alpha value is -0.860. The largest absolute Gasteiger partial charge is 0.179 e. The molecule has 0 aromatic heterocycles. The van der Waals surface area contributed by atoms with Crippen molar-refractivity contribution in [2.45, 2.75) is 57.1 Å². The van der Waals surface area contributed by atoms with E-state index in [1.165, 1.54) is 73.6 Å². The van der Waals surface area contributed by atoms with Gasteiger partial charge in [-0.25, -0.2) is 0 Å². The third-order valence-corrected chi connectivity index (χ3v) is 5.23. The Labute approximate surface area is 158 Å². The predicted molar refractivity (Wildman–Crippen MR) is 114 cm³/mol. The standard InChI is InChI=1S/C22H30S2/c23-17-7-5-3-1-2-4-6-8-19-9-13-21(14-10-19)22-15-11-20(18-24)12-16-22/h9-16,23-24H,1-8,17-18H2. The quantitative estimate of drug-likeness (QED) is 0.314. The van der Waals surface area contributed by atoms with Gasteiger partial charge in [0.05, 0.1) is 0 Å². The lowest BCUT2D eigenvalue weighted by Crippen LogP contribution is -1.87. The van der Waals surface area contributed by atoms with Crippen molar-refractivity contribution in [2.75, 3.05) is 5.75 Å². The van der Waals surface area contributed by atoms with Crippen molar-refractivity contribution in [1.29, 1.82) is 0 Å². The summed E-state index contributed by atoms with van der Waals surface area (Å²) in [6.45, 7) is 0. The fraction of sp³-hybridized carbons (Fsp3) is 0.455. The summed E-state index contributed by atoms with van der Waals surface area (Å²) < 4.78 is 0. The van der Waals surface area contributed by atoms with Gasteiger partial charge in [0.15, 0.2) is 0 Å². The summed E-state index contributed by atoms with van der Waals surface area (Å²) in [6.07, 6.45) is 10.6. The monoisotopic (exact) mass is 358 g/mol. The van der Waals surface area contributed by atoms with Gasteiger partial charge < -0.3 is 0 Å². The van der Waals surface area contributed by atoms with E-state index < -0.39 is 0 Å². The van der Waals surface area contributed by atoms with Crippen LogP contribution in [-0.4, -0.2) is 5.75 Å². The first-order chi connectivity index (χ1) is 11.8. The van der Waals surface area contributed by atoms with Crippen molar-refractivity contribution in [2.24, 2.45) is 0 Å². The Bertz CT molecular complexity index is 558. The van der Waals surface area contributed by atoms with Gasteiger partial charge in [0, 0.05) is 5.75 Å². The molecular weight excluding hydrogens is 328 g/mol. The highest BCUT2D eigenvalue weighted by molar-refractivity contribution is 7.80. The van der Waals surface area contributed by atoms with Crippen LogP contribution in [0.3, 0.4) is 0 Å². The number of thiol groups is 2. The van der Waals surface area contributed by atoms with E-state index >= 15 is 0 Å². The number of hydrogen-bond acceptors (Lipinski definition) is 2. The molecule has 0 fully saturated rings. The van der Waals surface area contributed by atoms with Crippen molar-refractivity contribution in [1.82, 2.24) is 0 Å². The lowest BCUT2D eigenvalue weighted by atomic mass is 10.00. The Kier molecular flexibility index (Phi) is 9.45. The Morgan fingerprint density at radius 1 is 0.500 bits per heavy atom. The summed E-state index contributed by atoms with van der Waals surface area (Å²) in [5.41, 5.74) is 5.31. The summed E-state index contributed by atoms with van der Waals surface area (Å²) in [5.74, 6) is 1.84. The van der Waals surface area contributed by atoms with Crippen molar-refractivity contribution >= 4 is 25.3 Å². The van der Waals surface area contributed by atoms with Gasteiger partial charge in [-0.15, -0.1) is 0 Å². The highest BCUT2D eigenvalue weighted by atomic mass is 32.1. The molecule has 0 saturated heterocycles. The molecule has 0 aliphatic rings. The van der Waals surface area contributed by atoms with E-state index in [0.717, 1.165) is 11.5 Å². The molecule has 0 spiro atoms. The third-order valence-electron chi connectivity index (χ3n) is 4.55. The molecule has 0 unspecified atom stereocenters. The Balaban J connectivity index is 1.70. The van der Waals surface area contributed by atoms with E-state index in [1.807, 2.05) is 0 Å². The Morgan fingerprint density at radius 2 is 0.958 bits per heavy atom. The third kappa shape index (κ3) is 6.94. The van der Waals surface area contributed by atoms with Crippen LogP contribution in [-0.2, 0) is 12.2 Å². The second kappa shape index (κ2) is 11.7. The molecule has 0 bridgehead atoms. The zero-order chi connectivity index (χ0) is 17.0. The lowest BCUT2D eigenvalue weighted by Gasteiger charge is -2.06. The first-order valence-electron chi connectivity index (χ1n) is 9.23. The molecule has 2 heteroatoms. The van der Waals surface area contributed by atoms with Crippen LogP contribution in [0.4, 0.5) is 0 Å². The minimum Gasteiger partial charge on any atom is -0.179 e. The minimum atomic E-state index is 0.800.